The first-order chi connectivity index (χ1) is 33.0. The summed E-state index contributed by atoms with van der Waals surface area (Å²) in [4.78, 5) is 12.6. The van der Waals surface area contributed by atoms with Crippen molar-refractivity contribution in [2.24, 2.45) is 0 Å². The second kappa shape index (κ2) is 55.7. The average Bonchev–Trinajstić information content (AvgIpc) is 3.33. The van der Waals surface area contributed by atoms with Crippen LogP contribution in [0.4, 0.5) is 0 Å². The Morgan fingerprint density at radius 2 is 0.612 bits per heavy atom. The Bertz CT molecular complexity index is 1020. The Balaban J connectivity index is 3.61. The summed E-state index contributed by atoms with van der Waals surface area (Å²) in [5.41, 5.74) is 0. The molecule has 0 bridgehead atoms. The molecule has 0 aliphatic rings. The highest BCUT2D eigenvalue weighted by Gasteiger charge is 2.28. The minimum absolute atomic E-state index is 0.365. The van der Waals surface area contributed by atoms with Crippen LogP contribution in [0.3, 0.4) is 0 Å². The Morgan fingerprint density at radius 3 is 0.896 bits per heavy atom. The number of allylic oxidation sites excluding steroid dienone is 4. The molecule has 0 aliphatic carbocycles. The van der Waals surface area contributed by atoms with Gasteiger partial charge in [0, 0.05) is 0 Å². The van der Waals surface area contributed by atoms with Crippen LogP contribution in [0, 0.1) is 0 Å². The van der Waals surface area contributed by atoms with Gasteiger partial charge in [-0.05, 0) is 64.2 Å². The molecule has 0 aliphatic heterocycles. The molecule has 0 aromatic rings. The van der Waals surface area contributed by atoms with Crippen LogP contribution in [-0.4, -0.2) is 57.3 Å². The van der Waals surface area contributed by atoms with Gasteiger partial charge >= 0.3 is 0 Å². The Morgan fingerprint density at radius 1 is 0.358 bits per heavy atom. The number of amides is 1. The SMILES string of the molecule is CCCCCCCCCCCCCC/C=C\CCCCCCCCCCCCCCCC(O)C(=O)NC(CO)C(O)C(O)CCC/C=C/CCCCCCCCCCCCCCCCCCC. The molecular formula is C61H119NO5. The molecule has 0 fully saturated rings. The molecule has 4 atom stereocenters. The molecule has 0 saturated carbocycles. The van der Waals surface area contributed by atoms with E-state index in [1.807, 2.05) is 0 Å². The highest BCUT2D eigenvalue weighted by Crippen LogP contribution is 2.18. The summed E-state index contributed by atoms with van der Waals surface area (Å²) in [7, 11) is 0. The predicted molar refractivity (Wildman–Crippen MR) is 293 cm³/mol. The Labute approximate surface area is 418 Å². The Kier molecular flexibility index (Phi) is 54.7. The van der Waals surface area contributed by atoms with Crippen molar-refractivity contribution in [3.8, 4) is 0 Å². The van der Waals surface area contributed by atoms with Crippen LogP contribution in [0.5, 0.6) is 0 Å². The third-order valence-corrected chi connectivity index (χ3v) is 14.4. The molecule has 5 N–H and O–H groups in total. The number of hydrogen-bond donors (Lipinski definition) is 5. The predicted octanol–water partition coefficient (Wildman–Crippen LogP) is 17.8. The molecule has 0 spiro atoms. The largest absolute Gasteiger partial charge is 0.394 e. The van der Waals surface area contributed by atoms with Gasteiger partial charge in [0.25, 0.3) is 0 Å². The van der Waals surface area contributed by atoms with Crippen LogP contribution >= 0.6 is 0 Å². The minimum atomic E-state index is -1.28. The van der Waals surface area contributed by atoms with E-state index < -0.39 is 36.9 Å². The van der Waals surface area contributed by atoms with Gasteiger partial charge in [-0.15, -0.1) is 0 Å². The number of aliphatic hydroxyl groups is 4. The van der Waals surface area contributed by atoms with Crippen LogP contribution in [0.1, 0.15) is 328 Å². The highest BCUT2D eigenvalue weighted by molar-refractivity contribution is 5.80. The first-order valence-corrected chi connectivity index (χ1v) is 30.2. The normalized spacial score (nSPS) is 13.8. The van der Waals surface area contributed by atoms with Crippen molar-refractivity contribution in [2.75, 3.05) is 6.61 Å². The van der Waals surface area contributed by atoms with Gasteiger partial charge in [-0.2, -0.15) is 0 Å². The van der Waals surface area contributed by atoms with Crippen molar-refractivity contribution >= 4 is 5.91 Å². The summed E-state index contributed by atoms with van der Waals surface area (Å²) >= 11 is 0. The molecule has 0 radical (unpaired) electrons. The van der Waals surface area contributed by atoms with E-state index in [-0.39, 0.29) is 0 Å². The van der Waals surface area contributed by atoms with Crippen LogP contribution in [0.2, 0.25) is 0 Å². The number of carbonyl (C=O) groups is 1. The maximum Gasteiger partial charge on any atom is 0.249 e. The van der Waals surface area contributed by atoms with E-state index >= 15 is 0 Å². The van der Waals surface area contributed by atoms with Gasteiger partial charge in [-0.25, -0.2) is 0 Å². The van der Waals surface area contributed by atoms with E-state index in [1.54, 1.807) is 0 Å². The van der Waals surface area contributed by atoms with Gasteiger partial charge in [0.05, 0.1) is 18.8 Å². The van der Waals surface area contributed by atoms with Gasteiger partial charge in [0.2, 0.25) is 5.91 Å². The van der Waals surface area contributed by atoms with Gasteiger partial charge < -0.3 is 25.7 Å². The number of aliphatic hydroxyl groups excluding tert-OH is 4. The fourth-order valence-corrected chi connectivity index (χ4v) is 9.64. The maximum absolute atomic E-state index is 12.6. The van der Waals surface area contributed by atoms with Crippen molar-refractivity contribution in [1.82, 2.24) is 5.32 Å². The summed E-state index contributed by atoms with van der Waals surface area (Å²) in [6.07, 6.45) is 68.4. The average molecular weight is 947 g/mol. The third-order valence-electron chi connectivity index (χ3n) is 14.4. The van der Waals surface area contributed by atoms with Crippen molar-refractivity contribution in [3.05, 3.63) is 24.3 Å². The second-order valence-electron chi connectivity index (χ2n) is 21.0. The van der Waals surface area contributed by atoms with E-state index in [0.29, 0.717) is 12.8 Å². The quantitative estimate of drug-likeness (QED) is 0.0308. The lowest BCUT2D eigenvalue weighted by atomic mass is 10.00. The number of rotatable bonds is 56. The molecule has 0 rings (SSSR count). The number of hydrogen-bond acceptors (Lipinski definition) is 5. The number of nitrogens with one attached hydrogen (secondary N) is 1. The van der Waals surface area contributed by atoms with Crippen LogP contribution < -0.4 is 5.32 Å². The molecule has 67 heavy (non-hydrogen) atoms. The lowest BCUT2D eigenvalue weighted by Crippen LogP contribution is -2.53. The third kappa shape index (κ3) is 49.6. The molecule has 6 heteroatoms. The molecule has 1 amide bonds. The molecule has 6 nitrogen and oxygen atoms in total. The van der Waals surface area contributed by atoms with Crippen LogP contribution in [0.15, 0.2) is 24.3 Å². The summed E-state index contributed by atoms with van der Waals surface area (Å²) < 4.78 is 0. The summed E-state index contributed by atoms with van der Waals surface area (Å²) in [6.45, 7) is 4.09. The smallest absolute Gasteiger partial charge is 0.249 e. The van der Waals surface area contributed by atoms with Crippen LogP contribution in [0.25, 0.3) is 0 Å². The second-order valence-corrected chi connectivity index (χ2v) is 21.0. The fraction of sp³-hybridized carbons (Fsp3) is 0.918. The lowest BCUT2D eigenvalue weighted by molar-refractivity contribution is -0.132. The fourth-order valence-electron chi connectivity index (χ4n) is 9.64. The zero-order valence-electron chi connectivity index (χ0n) is 45.2. The topological polar surface area (TPSA) is 110 Å². The number of carbonyl (C=O) groups excluding carboxylic acids is 1. The van der Waals surface area contributed by atoms with Gasteiger partial charge in [-0.1, -0.05) is 289 Å². The van der Waals surface area contributed by atoms with Crippen LogP contribution in [-0.2, 0) is 4.79 Å². The molecule has 0 aromatic heterocycles. The summed E-state index contributed by atoms with van der Waals surface area (Å²) in [5.74, 6) is -0.588. The van der Waals surface area contributed by atoms with E-state index in [4.69, 9.17) is 0 Å². The zero-order chi connectivity index (χ0) is 48.8. The van der Waals surface area contributed by atoms with Gasteiger partial charge in [-0.3, -0.25) is 4.79 Å². The molecule has 0 saturated heterocycles. The maximum atomic E-state index is 12.6. The monoisotopic (exact) mass is 946 g/mol. The summed E-state index contributed by atoms with van der Waals surface area (Å²) in [6, 6.07) is -1.00. The molecule has 0 aromatic carbocycles. The molecule has 4 unspecified atom stereocenters. The van der Waals surface area contributed by atoms with Crippen molar-refractivity contribution in [3.63, 3.8) is 0 Å². The van der Waals surface area contributed by atoms with Crippen molar-refractivity contribution in [2.45, 2.75) is 353 Å². The van der Waals surface area contributed by atoms with Gasteiger partial charge in [0.15, 0.2) is 0 Å². The van der Waals surface area contributed by atoms with E-state index in [1.165, 1.54) is 263 Å². The first-order valence-electron chi connectivity index (χ1n) is 30.2. The van der Waals surface area contributed by atoms with Gasteiger partial charge in [0.1, 0.15) is 12.2 Å². The number of unbranched alkanes of at least 4 members (excludes halogenated alkanes) is 43. The van der Waals surface area contributed by atoms with E-state index in [2.05, 4.69) is 43.5 Å². The molecular weight excluding hydrogens is 827 g/mol. The minimum Gasteiger partial charge on any atom is -0.394 e. The van der Waals surface area contributed by atoms with Crippen molar-refractivity contribution < 1.29 is 25.2 Å². The highest BCUT2D eigenvalue weighted by atomic mass is 16.3. The molecule has 0 heterocycles. The molecule has 398 valence electrons. The Hall–Kier alpha value is -1.21. The van der Waals surface area contributed by atoms with E-state index in [9.17, 15) is 25.2 Å². The zero-order valence-corrected chi connectivity index (χ0v) is 45.2. The van der Waals surface area contributed by atoms with E-state index in [0.717, 1.165) is 38.5 Å². The summed E-state index contributed by atoms with van der Waals surface area (Å²) in [5, 5.41) is 44.0. The lowest BCUT2D eigenvalue weighted by Gasteiger charge is -2.27. The standard InChI is InChI=1S/C61H119NO5/c1-3-5-7-9-11-13-15-17-19-21-23-25-27-28-29-30-31-32-33-35-37-39-41-43-45-47-49-51-53-55-59(65)61(67)62-57(56-63)60(66)58(64)54-52-50-48-46-44-42-40-38-36-34-26-24-22-20-18-16-14-12-10-8-6-4-2/h28-29,46,48,57-60,63-66H,3-27,30-45,47,49-56H2,1-2H3,(H,62,67)/b29-28-,48-46+. The first kappa shape index (κ1) is 65.8. The van der Waals surface area contributed by atoms with Crippen molar-refractivity contribution in [1.29, 1.82) is 0 Å².